The van der Waals surface area contributed by atoms with E-state index in [2.05, 4.69) is 10.3 Å². The Hall–Kier alpha value is -2.10. The largest absolute Gasteiger partial charge is 0.416 e. The highest BCUT2D eigenvalue weighted by molar-refractivity contribution is 5.42. The molecule has 0 unspecified atom stereocenters. The van der Waals surface area contributed by atoms with Gasteiger partial charge in [-0.3, -0.25) is 0 Å². The molecule has 4 nitrogen and oxygen atoms in total. The highest BCUT2D eigenvalue weighted by atomic mass is 19.4. The topological polar surface area (TPSA) is 50.9 Å². The molecule has 0 bridgehead atoms. The quantitative estimate of drug-likeness (QED) is 0.868. The van der Waals surface area contributed by atoms with Crippen molar-refractivity contribution < 1.29 is 31.4 Å². The first-order chi connectivity index (χ1) is 9.63. The minimum Gasteiger partial charge on any atom is -0.390 e. The molecule has 0 saturated carbocycles. The molecule has 0 fully saturated rings. The number of nitrogens with zero attached hydrogens (tertiary/aromatic N) is 3. The standard InChI is InChI=1S/C11H7F6N3O/c12-10(13,14)6-1-7(11(15,16)17)3-8(2-6)20-9(5-21)4-18-19-20/h1-4,21H,5H2. The molecule has 0 atom stereocenters. The van der Waals surface area contributed by atoms with Crippen LogP contribution in [-0.4, -0.2) is 20.1 Å². The van der Waals surface area contributed by atoms with Crippen molar-refractivity contribution in [2.24, 2.45) is 0 Å². The third-order valence-corrected chi connectivity index (χ3v) is 2.60. The molecule has 1 aromatic carbocycles. The van der Waals surface area contributed by atoms with Crippen LogP contribution in [0.1, 0.15) is 16.8 Å². The molecule has 1 aromatic heterocycles. The summed E-state index contributed by atoms with van der Waals surface area (Å²) in [6.07, 6.45) is -8.86. The van der Waals surface area contributed by atoms with E-state index < -0.39 is 35.8 Å². The summed E-state index contributed by atoms with van der Waals surface area (Å²) in [4.78, 5) is 0. The van der Waals surface area contributed by atoms with Gasteiger partial charge in [0.15, 0.2) is 0 Å². The summed E-state index contributed by atoms with van der Waals surface area (Å²) in [7, 11) is 0. The zero-order chi connectivity index (χ0) is 15.8. The normalized spacial score (nSPS) is 12.7. The predicted molar refractivity (Wildman–Crippen MR) is 57.3 cm³/mol. The molecule has 114 valence electrons. The Morgan fingerprint density at radius 2 is 1.48 bits per heavy atom. The number of halogens is 6. The number of aliphatic hydroxyl groups excluding tert-OH is 1. The van der Waals surface area contributed by atoms with Crippen molar-refractivity contribution in [1.82, 2.24) is 15.0 Å². The zero-order valence-corrected chi connectivity index (χ0v) is 10.1. The maximum Gasteiger partial charge on any atom is 0.416 e. The van der Waals surface area contributed by atoms with E-state index in [-0.39, 0.29) is 11.8 Å². The Kier molecular flexibility index (Phi) is 3.66. The third kappa shape index (κ3) is 3.15. The average Bonchev–Trinajstić information content (AvgIpc) is 2.84. The van der Waals surface area contributed by atoms with Crippen molar-refractivity contribution in [3.63, 3.8) is 0 Å². The van der Waals surface area contributed by atoms with Crippen molar-refractivity contribution in [3.05, 3.63) is 41.2 Å². The second-order valence-electron chi connectivity index (χ2n) is 4.06. The van der Waals surface area contributed by atoms with Crippen molar-refractivity contribution in [1.29, 1.82) is 0 Å². The molecule has 0 amide bonds. The summed E-state index contributed by atoms with van der Waals surface area (Å²) in [6, 6.07) is 1.02. The van der Waals surface area contributed by atoms with Gasteiger partial charge in [0.05, 0.1) is 35.3 Å². The molecule has 1 N–H and O–H groups in total. The first-order valence-electron chi connectivity index (χ1n) is 5.43. The van der Waals surface area contributed by atoms with Gasteiger partial charge in [-0.15, -0.1) is 5.10 Å². The van der Waals surface area contributed by atoms with Gasteiger partial charge in [-0.2, -0.15) is 26.3 Å². The molecular weight excluding hydrogens is 304 g/mol. The fourth-order valence-electron chi connectivity index (χ4n) is 1.64. The number of alkyl halides is 6. The highest BCUT2D eigenvalue weighted by Crippen LogP contribution is 2.37. The van der Waals surface area contributed by atoms with E-state index in [1.165, 1.54) is 0 Å². The van der Waals surface area contributed by atoms with Crippen molar-refractivity contribution in [3.8, 4) is 5.69 Å². The first-order valence-corrected chi connectivity index (χ1v) is 5.43. The van der Waals surface area contributed by atoms with Gasteiger partial charge in [0, 0.05) is 0 Å². The number of hydrogen-bond donors (Lipinski definition) is 1. The molecule has 0 aliphatic carbocycles. The van der Waals surface area contributed by atoms with Crippen LogP contribution in [0.2, 0.25) is 0 Å². The molecule has 0 spiro atoms. The Morgan fingerprint density at radius 1 is 0.952 bits per heavy atom. The number of aromatic nitrogens is 3. The van der Waals surface area contributed by atoms with Crippen LogP contribution in [-0.2, 0) is 19.0 Å². The van der Waals surface area contributed by atoms with Gasteiger partial charge in [-0.1, -0.05) is 5.21 Å². The van der Waals surface area contributed by atoms with Crippen molar-refractivity contribution in [2.45, 2.75) is 19.0 Å². The fourth-order valence-corrected chi connectivity index (χ4v) is 1.64. The number of benzene rings is 1. The Labute approximate surface area is 113 Å². The summed E-state index contributed by atoms with van der Waals surface area (Å²) < 4.78 is 76.9. The smallest absolute Gasteiger partial charge is 0.390 e. The lowest BCUT2D eigenvalue weighted by Gasteiger charge is -2.14. The van der Waals surface area contributed by atoms with E-state index in [4.69, 9.17) is 5.11 Å². The summed E-state index contributed by atoms with van der Waals surface area (Å²) in [5.74, 6) is 0. The van der Waals surface area contributed by atoms with Gasteiger partial charge in [-0.25, -0.2) is 4.68 Å². The van der Waals surface area contributed by atoms with Gasteiger partial charge < -0.3 is 5.11 Å². The predicted octanol–water partition coefficient (Wildman–Crippen LogP) is 2.80. The number of aliphatic hydroxyl groups is 1. The van der Waals surface area contributed by atoms with Crippen LogP contribution in [0.25, 0.3) is 5.69 Å². The van der Waals surface area contributed by atoms with E-state index >= 15 is 0 Å². The molecule has 0 radical (unpaired) electrons. The van der Waals surface area contributed by atoms with Gasteiger partial charge in [0.2, 0.25) is 0 Å². The number of rotatable bonds is 2. The average molecular weight is 311 g/mol. The summed E-state index contributed by atoms with van der Waals surface area (Å²) in [5.41, 5.74) is -3.46. The lowest BCUT2D eigenvalue weighted by Crippen LogP contribution is -2.13. The molecule has 0 aliphatic heterocycles. The fraction of sp³-hybridized carbons (Fsp3) is 0.273. The maximum absolute atomic E-state index is 12.7. The van der Waals surface area contributed by atoms with Crippen LogP contribution in [0.15, 0.2) is 24.4 Å². The summed E-state index contributed by atoms with van der Waals surface area (Å²) in [6.45, 7) is -0.634. The van der Waals surface area contributed by atoms with Crippen LogP contribution in [0.5, 0.6) is 0 Å². The van der Waals surface area contributed by atoms with Gasteiger partial charge in [0.25, 0.3) is 0 Å². The van der Waals surface area contributed by atoms with E-state index in [1.54, 1.807) is 0 Å². The van der Waals surface area contributed by atoms with Gasteiger partial charge >= 0.3 is 12.4 Å². The molecular formula is C11H7F6N3O. The van der Waals surface area contributed by atoms with Crippen LogP contribution in [0.3, 0.4) is 0 Å². The van der Waals surface area contributed by atoms with E-state index in [0.717, 1.165) is 6.20 Å². The molecule has 1 heterocycles. The van der Waals surface area contributed by atoms with Crippen molar-refractivity contribution in [2.75, 3.05) is 0 Å². The molecule has 2 aromatic rings. The van der Waals surface area contributed by atoms with Crippen LogP contribution < -0.4 is 0 Å². The highest BCUT2D eigenvalue weighted by Gasteiger charge is 2.37. The van der Waals surface area contributed by atoms with Gasteiger partial charge in [0.1, 0.15) is 0 Å². The van der Waals surface area contributed by atoms with E-state index in [9.17, 15) is 26.3 Å². The van der Waals surface area contributed by atoms with Crippen LogP contribution in [0, 0.1) is 0 Å². The maximum atomic E-state index is 12.7. The van der Waals surface area contributed by atoms with E-state index in [0.29, 0.717) is 16.8 Å². The first kappa shape index (κ1) is 15.3. The zero-order valence-electron chi connectivity index (χ0n) is 10.1. The van der Waals surface area contributed by atoms with Crippen molar-refractivity contribution >= 4 is 0 Å². The molecule has 21 heavy (non-hydrogen) atoms. The molecule has 2 rings (SSSR count). The van der Waals surface area contributed by atoms with Crippen LogP contribution in [0.4, 0.5) is 26.3 Å². The summed E-state index contributed by atoms with van der Waals surface area (Å²) in [5, 5.41) is 15.7. The molecule has 10 heteroatoms. The Bertz CT molecular complexity index is 614. The second-order valence-corrected chi connectivity index (χ2v) is 4.06. The van der Waals surface area contributed by atoms with E-state index in [1.807, 2.05) is 0 Å². The lowest BCUT2D eigenvalue weighted by atomic mass is 10.1. The SMILES string of the molecule is OCc1cnnn1-c1cc(C(F)(F)F)cc(C(F)(F)F)c1. The Balaban J connectivity index is 2.66. The summed E-state index contributed by atoms with van der Waals surface area (Å²) >= 11 is 0. The van der Waals surface area contributed by atoms with Crippen LogP contribution >= 0.6 is 0 Å². The third-order valence-electron chi connectivity index (χ3n) is 2.60. The number of hydrogen-bond acceptors (Lipinski definition) is 3. The Morgan fingerprint density at radius 3 is 1.90 bits per heavy atom. The minimum absolute atomic E-state index is 0.0129. The lowest BCUT2D eigenvalue weighted by molar-refractivity contribution is -0.143. The molecule has 0 saturated heterocycles. The van der Waals surface area contributed by atoms with Gasteiger partial charge in [-0.05, 0) is 18.2 Å². The monoisotopic (exact) mass is 311 g/mol. The minimum atomic E-state index is -4.95. The molecule has 0 aliphatic rings. The second kappa shape index (κ2) is 5.02.